The van der Waals surface area contributed by atoms with E-state index in [4.69, 9.17) is 20.9 Å². The van der Waals surface area contributed by atoms with E-state index in [2.05, 4.69) is 15.5 Å². The third kappa shape index (κ3) is 3.37. The van der Waals surface area contributed by atoms with Crippen molar-refractivity contribution in [2.75, 3.05) is 25.0 Å². The number of benzene rings is 1. The first-order chi connectivity index (χ1) is 10.6. The Labute approximate surface area is 132 Å². The Morgan fingerprint density at radius 1 is 1.50 bits per heavy atom. The SMILES string of the molecule is Cc1nc([C@H]2CN(C(=O)Nc3cccc(Cl)c3)CCO2)no1. The first-order valence-electron chi connectivity index (χ1n) is 6.85. The maximum absolute atomic E-state index is 12.3. The maximum Gasteiger partial charge on any atom is 0.322 e. The predicted octanol–water partition coefficient (Wildman–Crippen LogP) is 2.64. The van der Waals surface area contributed by atoms with E-state index in [1.165, 1.54) is 0 Å². The van der Waals surface area contributed by atoms with E-state index in [1.54, 1.807) is 36.1 Å². The van der Waals surface area contributed by atoms with Gasteiger partial charge in [0, 0.05) is 24.2 Å². The second-order valence-corrected chi connectivity index (χ2v) is 5.35. The van der Waals surface area contributed by atoms with Gasteiger partial charge in [-0.05, 0) is 18.2 Å². The van der Waals surface area contributed by atoms with E-state index in [-0.39, 0.29) is 12.1 Å². The molecule has 7 nitrogen and oxygen atoms in total. The molecule has 116 valence electrons. The average molecular weight is 323 g/mol. The summed E-state index contributed by atoms with van der Waals surface area (Å²) >= 11 is 5.91. The van der Waals surface area contributed by atoms with E-state index >= 15 is 0 Å². The second kappa shape index (κ2) is 6.33. The van der Waals surface area contributed by atoms with Crippen LogP contribution in [-0.2, 0) is 4.74 Å². The fraction of sp³-hybridized carbons (Fsp3) is 0.357. The van der Waals surface area contributed by atoms with Gasteiger partial charge in [-0.25, -0.2) is 4.79 Å². The topological polar surface area (TPSA) is 80.5 Å². The zero-order valence-corrected chi connectivity index (χ0v) is 12.7. The van der Waals surface area contributed by atoms with Crippen LogP contribution in [0.1, 0.15) is 17.8 Å². The summed E-state index contributed by atoms with van der Waals surface area (Å²) in [5.74, 6) is 0.928. The molecular formula is C14H15ClN4O3. The van der Waals surface area contributed by atoms with Gasteiger partial charge in [-0.15, -0.1) is 0 Å². The van der Waals surface area contributed by atoms with E-state index in [0.717, 1.165) is 0 Å². The zero-order chi connectivity index (χ0) is 15.5. The van der Waals surface area contributed by atoms with Crippen LogP contribution >= 0.6 is 11.6 Å². The molecule has 22 heavy (non-hydrogen) atoms. The fourth-order valence-corrected chi connectivity index (χ4v) is 2.39. The molecule has 2 aromatic rings. The summed E-state index contributed by atoms with van der Waals surface area (Å²) in [6.45, 7) is 3.00. The van der Waals surface area contributed by atoms with Crippen molar-refractivity contribution in [3.63, 3.8) is 0 Å². The van der Waals surface area contributed by atoms with Gasteiger partial charge < -0.3 is 19.5 Å². The first kappa shape index (κ1) is 14.8. The Bertz CT molecular complexity index is 676. The molecule has 1 aromatic carbocycles. The molecule has 1 aliphatic heterocycles. The van der Waals surface area contributed by atoms with Crippen molar-refractivity contribution in [3.8, 4) is 0 Å². The van der Waals surface area contributed by atoms with Gasteiger partial charge in [0.25, 0.3) is 0 Å². The Balaban J connectivity index is 1.65. The monoisotopic (exact) mass is 322 g/mol. The minimum atomic E-state index is -0.378. The summed E-state index contributed by atoms with van der Waals surface area (Å²) in [5, 5.41) is 7.22. The minimum Gasteiger partial charge on any atom is -0.366 e. The lowest BCUT2D eigenvalue weighted by molar-refractivity contribution is -0.0190. The van der Waals surface area contributed by atoms with Gasteiger partial charge in [-0.2, -0.15) is 4.98 Å². The highest BCUT2D eigenvalue weighted by Gasteiger charge is 2.28. The molecule has 1 atom stereocenters. The highest BCUT2D eigenvalue weighted by atomic mass is 35.5. The summed E-state index contributed by atoms with van der Waals surface area (Å²) in [4.78, 5) is 18.1. The molecule has 8 heteroatoms. The van der Waals surface area contributed by atoms with Crippen LogP contribution in [0.25, 0.3) is 0 Å². The lowest BCUT2D eigenvalue weighted by Crippen LogP contribution is -2.44. The Morgan fingerprint density at radius 2 is 2.36 bits per heavy atom. The van der Waals surface area contributed by atoms with E-state index in [0.29, 0.717) is 42.1 Å². The van der Waals surface area contributed by atoms with Crippen molar-refractivity contribution in [2.45, 2.75) is 13.0 Å². The predicted molar refractivity (Wildman–Crippen MR) is 79.8 cm³/mol. The molecule has 2 heterocycles. The van der Waals surface area contributed by atoms with Gasteiger partial charge in [0.15, 0.2) is 0 Å². The highest BCUT2D eigenvalue weighted by molar-refractivity contribution is 6.30. The molecule has 0 saturated carbocycles. The van der Waals surface area contributed by atoms with Gasteiger partial charge >= 0.3 is 6.03 Å². The number of anilines is 1. The van der Waals surface area contributed by atoms with Crippen molar-refractivity contribution >= 4 is 23.3 Å². The molecule has 1 fully saturated rings. The summed E-state index contributed by atoms with van der Waals surface area (Å²) < 4.78 is 10.5. The van der Waals surface area contributed by atoms with Gasteiger partial charge in [-0.3, -0.25) is 0 Å². The first-order valence-corrected chi connectivity index (χ1v) is 7.23. The number of aryl methyl sites for hydroxylation is 1. The third-order valence-electron chi connectivity index (χ3n) is 3.26. The van der Waals surface area contributed by atoms with Crippen molar-refractivity contribution in [2.24, 2.45) is 0 Å². The van der Waals surface area contributed by atoms with Crippen LogP contribution in [0.2, 0.25) is 5.02 Å². The number of halogens is 1. The standard InChI is InChI=1S/C14H15ClN4O3/c1-9-16-13(18-22-9)12-8-19(5-6-21-12)14(20)17-11-4-2-3-10(15)7-11/h2-4,7,12H,5-6,8H2,1H3,(H,17,20)/t12-/m1/s1. The summed E-state index contributed by atoms with van der Waals surface area (Å²) in [5.41, 5.74) is 0.649. The van der Waals surface area contributed by atoms with Crippen LogP contribution in [0.5, 0.6) is 0 Å². The quantitative estimate of drug-likeness (QED) is 0.919. The molecule has 1 aliphatic rings. The number of hydrogen-bond donors (Lipinski definition) is 1. The number of nitrogens with one attached hydrogen (secondary N) is 1. The molecule has 2 amide bonds. The highest BCUT2D eigenvalue weighted by Crippen LogP contribution is 2.21. The lowest BCUT2D eigenvalue weighted by Gasteiger charge is -2.31. The molecule has 0 aliphatic carbocycles. The van der Waals surface area contributed by atoms with Crippen LogP contribution in [0.4, 0.5) is 10.5 Å². The van der Waals surface area contributed by atoms with Gasteiger partial charge in [0.1, 0.15) is 6.10 Å². The number of carbonyl (C=O) groups excluding carboxylic acids is 1. The van der Waals surface area contributed by atoms with Crippen LogP contribution in [0, 0.1) is 6.92 Å². The van der Waals surface area contributed by atoms with Crippen LogP contribution in [0.3, 0.4) is 0 Å². The Hall–Kier alpha value is -2.12. The lowest BCUT2D eigenvalue weighted by atomic mass is 10.2. The smallest absolute Gasteiger partial charge is 0.322 e. The van der Waals surface area contributed by atoms with Crippen LogP contribution in [-0.4, -0.2) is 40.8 Å². The van der Waals surface area contributed by atoms with Gasteiger partial charge in [0.05, 0.1) is 13.2 Å². The number of morpholine rings is 1. The van der Waals surface area contributed by atoms with Crippen LogP contribution < -0.4 is 5.32 Å². The molecule has 1 aromatic heterocycles. The second-order valence-electron chi connectivity index (χ2n) is 4.92. The number of rotatable bonds is 2. The molecule has 0 radical (unpaired) electrons. The van der Waals surface area contributed by atoms with Crippen molar-refractivity contribution in [1.82, 2.24) is 15.0 Å². The summed E-state index contributed by atoms with van der Waals surface area (Å²) in [6.07, 6.45) is -0.378. The Kier molecular flexibility index (Phi) is 4.26. The van der Waals surface area contributed by atoms with Crippen molar-refractivity contribution < 1.29 is 14.1 Å². The molecule has 1 saturated heterocycles. The molecule has 3 rings (SSSR count). The van der Waals surface area contributed by atoms with Gasteiger partial charge in [0.2, 0.25) is 11.7 Å². The zero-order valence-electron chi connectivity index (χ0n) is 12.0. The largest absolute Gasteiger partial charge is 0.366 e. The van der Waals surface area contributed by atoms with Gasteiger partial charge in [-0.1, -0.05) is 22.8 Å². The van der Waals surface area contributed by atoms with Crippen LogP contribution in [0.15, 0.2) is 28.8 Å². The third-order valence-corrected chi connectivity index (χ3v) is 3.50. The number of urea groups is 1. The molecule has 1 N–H and O–H groups in total. The van der Waals surface area contributed by atoms with E-state index < -0.39 is 0 Å². The number of ether oxygens (including phenoxy) is 1. The molecule has 0 unspecified atom stereocenters. The normalized spacial score (nSPS) is 18.3. The van der Waals surface area contributed by atoms with Crippen molar-refractivity contribution in [3.05, 3.63) is 41.0 Å². The Morgan fingerprint density at radius 3 is 3.09 bits per heavy atom. The number of nitrogens with zero attached hydrogens (tertiary/aromatic N) is 3. The van der Waals surface area contributed by atoms with E-state index in [9.17, 15) is 4.79 Å². The minimum absolute atomic E-state index is 0.212. The summed E-state index contributed by atoms with van der Waals surface area (Å²) in [7, 11) is 0. The average Bonchev–Trinajstić information content (AvgIpc) is 2.94. The fourth-order valence-electron chi connectivity index (χ4n) is 2.20. The molecular weight excluding hydrogens is 308 g/mol. The number of amides is 2. The number of carbonyl (C=O) groups is 1. The van der Waals surface area contributed by atoms with Crippen molar-refractivity contribution in [1.29, 1.82) is 0 Å². The number of hydrogen-bond acceptors (Lipinski definition) is 5. The summed E-state index contributed by atoms with van der Waals surface area (Å²) in [6, 6.07) is 6.79. The maximum atomic E-state index is 12.3. The number of aromatic nitrogens is 2. The molecule has 0 spiro atoms. The van der Waals surface area contributed by atoms with E-state index in [1.807, 2.05) is 0 Å². The molecule has 0 bridgehead atoms.